The number of hydrazone groups is 1. The number of nitrogens with zero attached hydrogens (tertiary/aromatic N) is 2. The topological polar surface area (TPSA) is 24.8 Å². The van der Waals surface area contributed by atoms with Gasteiger partial charge in [-0.1, -0.05) is 52.3 Å². The van der Waals surface area contributed by atoms with Gasteiger partial charge in [0.2, 0.25) is 0 Å². The first-order chi connectivity index (χ1) is 14.1. The minimum atomic E-state index is -0.313. The van der Waals surface area contributed by atoms with Gasteiger partial charge in [0.15, 0.2) is 5.72 Å². The Morgan fingerprint density at radius 2 is 1.76 bits per heavy atom. The number of ether oxygens (including phenoxy) is 1. The lowest BCUT2D eigenvalue weighted by Gasteiger charge is -2.46. The number of halogens is 2. The average molecular weight is 512 g/mol. The van der Waals surface area contributed by atoms with Crippen molar-refractivity contribution in [3.63, 3.8) is 0 Å². The Hall–Kier alpha value is -1.85. The fourth-order valence-electron chi connectivity index (χ4n) is 5.10. The van der Waals surface area contributed by atoms with E-state index < -0.39 is 0 Å². The molecule has 0 aromatic heterocycles. The Labute approximate surface area is 187 Å². The SMILES string of the molecule is Brc1cc(Br)c2c(c1)[C@H]1CC(c3ccc4ccccc4c3)=NN1C1(CCCC1)O2. The maximum absolute atomic E-state index is 6.69. The summed E-state index contributed by atoms with van der Waals surface area (Å²) in [4.78, 5) is 0. The second kappa shape index (κ2) is 6.58. The lowest BCUT2D eigenvalue weighted by molar-refractivity contribution is -0.114. The molecule has 0 N–H and O–H groups in total. The van der Waals surface area contributed by atoms with Crippen molar-refractivity contribution in [3.05, 3.63) is 74.7 Å². The first kappa shape index (κ1) is 18.0. The molecular formula is C24H20Br2N2O. The van der Waals surface area contributed by atoms with Crippen LogP contribution in [0.4, 0.5) is 0 Å². The van der Waals surface area contributed by atoms with Crippen molar-refractivity contribution in [2.24, 2.45) is 5.10 Å². The normalized spacial score (nSPS) is 21.8. The Morgan fingerprint density at radius 1 is 0.966 bits per heavy atom. The van der Waals surface area contributed by atoms with E-state index >= 15 is 0 Å². The van der Waals surface area contributed by atoms with E-state index in [4.69, 9.17) is 9.84 Å². The molecule has 6 rings (SSSR count). The van der Waals surface area contributed by atoms with E-state index in [2.05, 4.69) is 91.5 Å². The zero-order chi connectivity index (χ0) is 19.6. The third-order valence-electron chi connectivity index (χ3n) is 6.48. The summed E-state index contributed by atoms with van der Waals surface area (Å²) in [6.07, 6.45) is 5.33. The van der Waals surface area contributed by atoms with Crippen LogP contribution >= 0.6 is 31.9 Å². The minimum absolute atomic E-state index is 0.215. The summed E-state index contributed by atoms with van der Waals surface area (Å²) >= 11 is 7.40. The van der Waals surface area contributed by atoms with Gasteiger partial charge in [-0.3, -0.25) is 0 Å². The van der Waals surface area contributed by atoms with Crippen LogP contribution in [0.15, 0.2) is 68.6 Å². The maximum atomic E-state index is 6.69. The Balaban J connectivity index is 1.48. The molecule has 0 bridgehead atoms. The summed E-state index contributed by atoms with van der Waals surface area (Å²) < 4.78 is 8.77. The summed E-state index contributed by atoms with van der Waals surface area (Å²) in [6, 6.07) is 19.7. The van der Waals surface area contributed by atoms with Crippen molar-refractivity contribution >= 4 is 48.3 Å². The molecule has 3 aromatic carbocycles. The molecule has 29 heavy (non-hydrogen) atoms. The van der Waals surface area contributed by atoms with Gasteiger partial charge >= 0.3 is 0 Å². The number of hydrogen-bond acceptors (Lipinski definition) is 3. The van der Waals surface area contributed by atoms with Crippen molar-refractivity contribution in [3.8, 4) is 5.75 Å². The number of hydrogen-bond donors (Lipinski definition) is 0. The summed E-state index contributed by atoms with van der Waals surface area (Å²) in [6.45, 7) is 0. The lowest BCUT2D eigenvalue weighted by atomic mass is 9.93. The molecule has 0 radical (unpaired) electrons. The number of benzene rings is 3. The minimum Gasteiger partial charge on any atom is -0.465 e. The molecule has 1 fully saturated rings. The highest BCUT2D eigenvalue weighted by Gasteiger charge is 2.52. The molecular weight excluding hydrogens is 492 g/mol. The fourth-order valence-corrected chi connectivity index (χ4v) is 6.44. The first-order valence-corrected chi connectivity index (χ1v) is 11.8. The number of rotatable bonds is 1. The van der Waals surface area contributed by atoms with Gasteiger partial charge in [0.25, 0.3) is 0 Å². The van der Waals surface area contributed by atoms with Crippen LogP contribution in [0.2, 0.25) is 0 Å². The van der Waals surface area contributed by atoms with Crippen molar-refractivity contribution < 1.29 is 4.74 Å². The van der Waals surface area contributed by atoms with E-state index in [1.54, 1.807) is 0 Å². The molecule has 0 saturated heterocycles. The average Bonchev–Trinajstić information content (AvgIpc) is 3.37. The molecule has 2 aliphatic heterocycles. The van der Waals surface area contributed by atoms with Crippen molar-refractivity contribution in [2.75, 3.05) is 0 Å². The van der Waals surface area contributed by atoms with Crippen molar-refractivity contribution in [2.45, 2.75) is 43.9 Å². The van der Waals surface area contributed by atoms with Crippen molar-refractivity contribution in [1.82, 2.24) is 5.01 Å². The zero-order valence-corrected chi connectivity index (χ0v) is 19.0. The van der Waals surface area contributed by atoms with Gasteiger partial charge in [-0.25, -0.2) is 5.01 Å². The molecule has 3 nitrogen and oxygen atoms in total. The molecule has 1 atom stereocenters. The van der Waals surface area contributed by atoms with Crippen LogP contribution in [0.5, 0.6) is 5.75 Å². The standard InChI is InChI=1S/C24H20Br2N2O/c25-18-12-19-22-14-21(17-8-7-15-5-1-2-6-16(15)11-17)27-28(22)24(9-3-4-10-24)29-23(19)20(26)13-18/h1-2,5-8,11-13,22H,3-4,9-10,14H2/t22-/m1/s1. The van der Waals surface area contributed by atoms with Gasteiger partial charge in [0.05, 0.1) is 16.2 Å². The third-order valence-corrected chi connectivity index (χ3v) is 7.53. The van der Waals surface area contributed by atoms with Gasteiger partial charge in [-0.15, -0.1) is 0 Å². The summed E-state index contributed by atoms with van der Waals surface area (Å²) in [5.41, 5.74) is 3.26. The Bertz CT molecular complexity index is 1170. The van der Waals surface area contributed by atoms with Crippen molar-refractivity contribution in [1.29, 1.82) is 0 Å². The van der Waals surface area contributed by atoms with Crippen LogP contribution in [0, 0.1) is 0 Å². The highest BCUT2D eigenvalue weighted by molar-refractivity contribution is 9.11. The highest BCUT2D eigenvalue weighted by Crippen LogP contribution is 2.54. The Kier molecular flexibility index (Phi) is 4.07. The van der Waals surface area contributed by atoms with Crippen LogP contribution in [-0.2, 0) is 0 Å². The lowest BCUT2D eigenvalue weighted by Crippen LogP contribution is -2.51. The van der Waals surface area contributed by atoms with E-state index in [0.29, 0.717) is 0 Å². The molecule has 0 unspecified atom stereocenters. The van der Waals surface area contributed by atoms with Crippen LogP contribution in [0.3, 0.4) is 0 Å². The van der Waals surface area contributed by atoms with Gasteiger partial charge in [0.1, 0.15) is 5.75 Å². The first-order valence-electron chi connectivity index (χ1n) is 10.2. The van der Waals surface area contributed by atoms with E-state index in [1.165, 1.54) is 34.7 Å². The van der Waals surface area contributed by atoms with Gasteiger partial charge < -0.3 is 4.74 Å². The van der Waals surface area contributed by atoms with Gasteiger partial charge in [0, 0.05) is 29.3 Å². The van der Waals surface area contributed by atoms with E-state index in [1.807, 2.05) is 0 Å². The van der Waals surface area contributed by atoms with E-state index in [9.17, 15) is 0 Å². The molecule has 3 aliphatic rings. The molecule has 3 aromatic rings. The van der Waals surface area contributed by atoms with Crippen LogP contribution < -0.4 is 4.74 Å². The van der Waals surface area contributed by atoms with Gasteiger partial charge in [-0.05, 0) is 63.3 Å². The zero-order valence-electron chi connectivity index (χ0n) is 15.9. The highest BCUT2D eigenvalue weighted by atomic mass is 79.9. The fraction of sp³-hybridized carbons (Fsp3) is 0.292. The molecule has 5 heteroatoms. The molecule has 1 aliphatic carbocycles. The molecule has 1 spiro atoms. The predicted molar refractivity (Wildman–Crippen MR) is 123 cm³/mol. The van der Waals surface area contributed by atoms with E-state index in [0.717, 1.165) is 39.7 Å². The quantitative estimate of drug-likeness (QED) is 0.345. The van der Waals surface area contributed by atoms with E-state index in [-0.39, 0.29) is 11.8 Å². The molecule has 0 amide bonds. The monoisotopic (exact) mass is 510 g/mol. The summed E-state index contributed by atoms with van der Waals surface area (Å²) in [5, 5.41) is 9.98. The number of fused-ring (bicyclic) bond motifs is 5. The van der Waals surface area contributed by atoms with Crippen LogP contribution in [-0.4, -0.2) is 16.4 Å². The second-order valence-corrected chi connectivity index (χ2v) is 10.0. The molecule has 146 valence electrons. The molecule has 2 heterocycles. The van der Waals surface area contributed by atoms with Gasteiger partial charge in [-0.2, -0.15) is 5.10 Å². The summed E-state index contributed by atoms with van der Waals surface area (Å²) in [7, 11) is 0. The predicted octanol–water partition coefficient (Wildman–Crippen LogP) is 7.18. The third kappa shape index (κ3) is 2.77. The second-order valence-electron chi connectivity index (χ2n) is 8.23. The smallest absolute Gasteiger partial charge is 0.198 e. The molecule has 1 saturated carbocycles. The van der Waals surface area contributed by atoms with Crippen LogP contribution in [0.25, 0.3) is 10.8 Å². The van der Waals surface area contributed by atoms with Crippen LogP contribution in [0.1, 0.15) is 49.3 Å². The Morgan fingerprint density at radius 3 is 2.59 bits per heavy atom. The largest absolute Gasteiger partial charge is 0.465 e. The maximum Gasteiger partial charge on any atom is 0.198 e. The summed E-state index contributed by atoms with van der Waals surface area (Å²) in [5.74, 6) is 0.992.